The number of hydrogen-bond acceptors (Lipinski definition) is 4. The number of hydrogen-bond donors (Lipinski definition) is 1. The topological polar surface area (TPSA) is 68.3 Å². The normalized spacial score (nSPS) is 10.9. The molecule has 0 atom stereocenters. The molecule has 98 valence electrons. The molecule has 0 unspecified atom stereocenters. The summed E-state index contributed by atoms with van der Waals surface area (Å²) in [6.45, 7) is 7.05. The predicted molar refractivity (Wildman–Crippen MR) is 67.5 cm³/mol. The largest absolute Gasteiger partial charge is 0.413 e. The van der Waals surface area contributed by atoms with Crippen LogP contribution < -0.4 is 10.1 Å². The standard InChI is InChI=1S/C13H18N2O3/c1-9(16)7-10-8-14-6-5-11(10)18-12(17)15-13(2,3)4/h5-6,8H,7H2,1-4H3,(H,15,17). The Hall–Kier alpha value is -1.91. The number of Topliss-reactive ketones (excluding diaryl/α,β-unsaturated/α-hetero) is 1. The maximum atomic E-state index is 11.6. The summed E-state index contributed by atoms with van der Waals surface area (Å²) in [6, 6.07) is 1.57. The molecule has 1 aromatic rings. The van der Waals surface area contributed by atoms with Gasteiger partial charge in [0.05, 0.1) is 0 Å². The first-order chi connectivity index (χ1) is 8.28. The van der Waals surface area contributed by atoms with E-state index in [0.717, 1.165) is 0 Å². The van der Waals surface area contributed by atoms with Gasteiger partial charge in [-0.3, -0.25) is 9.78 Å². The van der Waals surface area contributed by atoms with E-state index in [1.807, 2.05) is 20.8 Å². The minimum Gasteiger partial charge on any atom is -0.410 e. The molecular weight excluding hydrogens is 232 g/mol. The lowest BCUT2D eigenvalue weighted by atomic mass is 10.1. The maximum Gasteiger partial charge on any atom is 0.413 e. The Morgan fingerprint density at radius 1 is 1.39 bits per heavy atom. The Morgan fingerprint density at radius 3 is 2.61 bits per heavy atom. The number of rotatable bonds is 3. The first-order valence-electron chi connectivity index (χ1n) is 5.70. The number of ketones is 1. The zero-order chi connectivity index (χ0) is 13.8. The van der Waals surface area contributed by atoms with Crippen LogP contribution in [0.25, 0.3) is 0 Å². The third kappa shape index (κ3) is 4.95. The van der Waals surface area contributed by atoms with E-state index in [1.165, 1.54) is 19.3 Å². The van der Waals surface area contributed by atoms with Crippen molar-refractivity contribution in [1.29, 1.82) is 0 Å². The fraction of sp³-hybridized carbons (Fsp3) is 0.462. The van der Waals surface area contributed by atoms with Gasteiger partial charge in [0.1, 0.15) is 11.5 Å². The summed E-state index contributed by atoms with van der Waals surface area (Å²) in [5, 5.41) is 2.68. The Bertz CT molecular complexity index is 450. The molecule has 1 heterocycles. The lowest BCUT2D eigenvalue weighted by molar-refractivity contribution is -0.116. The molecule has 0 aliphatic carbocycles. The van der Waals surface area contributed by atoms with Gasteiger partial charge in [0, 0.05) is 29.9 Å². The summed E-state index contributed by atoms with van der Waals surface area (Å²) < 4.78 is 5.18. The molecule has 0 aromatic carbocycles. The zero-order valence-corrected chi connectivity index (χ0v) is 11.1. The number of amides is 1. The van der Waals surface area contributed by atoms with Crippen LogP contribution in [0.3, 0.4) is 0 Å². The van der Waals surface area contributed by atoms with E-state index in [0.29, 0.717) is 11.3 Å². The fourth-order valence-corrected chi connectivity index (χ4v) is 1.35. The van der Waals surface area contributed by atoms with Crippen LogP contribution in [0.1, 0.15) is 33.3 Å². The number of ether oxygens (including phenoxy) is 1. The molecule has 1 N–H and O–H groups in total. The number of carbonyl (C=O) groups excluding carboxylic acids is 2. The van der Waals surface area contributed by atoms with Crippen molar-refractivity contribution in [3.05, 3.63) is 24.0 Å². The van der Waals surface area contributed by atoms with Gasteiger partial charge in [-0.05, 0) is 33.8 Å². The SMILES string of the molecule is CC(=O)Cc1cnccc1OC(=O)NC(C)(C)C. The van der Waals surface area contributed by atoms with Crippen LogP contribution in [0.4, 0.5) is 4.79 Å². The van der Waals surface area contributed by atoms with Gasteiger partial charge in [-0.2, -0.15) is 0 Å². The second-order valence-corrected chi connectivity index (χ2v) is 5.13. The van der Waals surface area contributed by atoms with E-state index in [-0.39, 0.29) is 17.7 Å². The van der Waals surface area contributed by atoms with Crippen LogP contribution in [0.15, 0.2) is 18.5 Å². The third-order valence-electron chi connectivity index (χ3n) is 1.98. The quantitative estimate of drug-likeness (QED) is 0.892. The number of pyridine rings is 1. The van der Waals surface area contributed by atoms with Crippen molar-refractivity contribution in [3.63, 3.8) is 0 Å². The number of nitrogens with one attached hydrogen (secondary N) is 1. The third-order valence-corrected chi connectivity index (χ3v) is 1.98. The van der Waals surface area contributed by atoms with Crippen molar-refractivity contribution in [2.24, 2.45) is 0 Å². The molecule has 0 bridgehead atoms. The minimum atomic E-state index is -0.543. The van der Waals surface area contributed by atoms with Crippen molar-refractivity contribution in [1.82, 2.24) is 10.3 Å². The highest BCUT2D eigenvalue weighted by atomic mass is 16.6. The van der Waals surface area contributed by atoms with Crippen LogP contribution in [0.5, 0.6) is 5.75 Å². The molecule has 0 aliphatic heterocycles. The molecule has 18 heavy (non-hydrogen) atoms. The van der Waals surface area contributed by atoms with Gasteiger partial charge in [-0.15, -0.1) is 0 Å². The van der Waals surface area contributed by atoms with Crippen LogP contribution in [-0.2, 0) is 11.2 Å². The Balaban J connectivity index is 2.78. The van der Waals surface area contributed by atoms with Gasteiger partial charge in [-0.25, -0.2) is 4.79 Å². The molecule has 0 saturated heterocycles. The lowest BCUT2D eigenvalue weighted by Gasteiger charge is -2.20. The van der Waals surface area contributed by atoms with Crippen molar-refractivity contribution in [3.8, 4) is 5.75 Å². The highest BCUT2D eigenvalue weighted by molar-refractivity contribution is 5.79. The van der Waals surface area contributed by atoms with Gasteiger partial charge in [-0.1, -0.05) is 0 Å². The van der Waals surface area contributed by atoms with E-state index in [1.54, 1.807) is 6.07 Å². The first kappa shape index (κ1) is 14.2. The predicted octanol–water partition coefficient (Wildman–Crippen LogP) is 2.10. The fourth-order valence-electron chi connectivity index (χ4n) is 1.35. The number of aromatic nitrogens is 1. The van der Waals surface area contributed by atoms with Crippen LogP contribution in [-0.4, -0.2) is 22.4 Å². The number of nitrogens with zero attached hydrogens (tertiary/aromatic N) is 1. The lowest BCUT2D eigenvalue weighted by Crippen LogP contribution is -2.42. The summed E-state index contributed by atoms with van der Waals surface area (Å²) in [7, 11) is 0. The molecule has 1 rings (SSSR count). The summed E-state index contributed by atoms with van der Waals surface area (Å²) in [6.07, 6.45) is 2.70. The molecule has 0 radical (unpaired) electrons. The molecule has 0 spiro atoms. The highest BCUT2D eigenvalue weighted by Gasteiger charge is 2.16. The van der Waals surface area contributed by atoms with Gasteiger partial charge in [0.15, 0.2) is 0 Å². The van der Waals surface area contributed by atoms with Gasteiger partial charge < -0.3 is 10.1 Å². The van der Waals surface area contributed by atoms with Crippen molar-refractivity contribution in [2.45, 2.75) is 39.7 Å². The first-order valence-corrected chi connectivity index (χ1v) is 5.70. The van der Waals surface area contributed by atoms with Crippen LogP contribution >= 0.6 is 0 Å². The average molecular weight is 250 g/mol. The average Bonchev–Trinajstić information content (AvgIpc) is 2.17. The summed E-state index contributed by atoms with van der Waals surface area (Å²) in [5.74, 6) is 0.353. The molecule has 5 heteroatoms. The van der Waals surface area contributed by atoms with Crippen molar-refractivity contribution >= 4 is 11.9 Å². The molecule has 0 aliphatic rings. The van der Waals surface area contributed by atoms with Crippen molar-refractivity contribution < 1.29 is 14.3 Å². The van der Waals surface area contributed by atoms with E-state index in [9.17, 15) is 9.59 Å². The molecule has 1 aromatic heterocycles. The highest BCUT2D eigenvalue weighted by Crippen LogP contribution is 2.18. The van der Waals surface area contributed by atoms with E-state index < -0.39 is 6.09 Å². The Kier molecular flexibility index (Phi) is 4.42. The van der Waals surface area contributed by atoms with Crippen LogP contribution in [0, 0.1) is 0 Å². The minimum absolute atomic E-state index is 0.0101. The molecule has 0 fully saturated rings. The van der Waals surface area contributed by atoms with Gasteiger partial charge in [0.25, 0.3) is 0 Å². The zero-order valence-electron chi connectivity index (χ0n) is 11.1. The maximum absolute atomic E-state index is 11.6. The molecular formula is C13H18N2O3. The van der Waals surface area contributed by atoms with Crippen molar-refractivity contribution in [2.75, 3.05) is 0 Å². The van der Waals surface area contributed by atoms with E-state index >= 15 is 0 Å². The summed E-state index contributed by atoms with van der Waals surface area (Å²) in [5.41, 5.74) is 0.235. The summed E-state index contributed by atoms with van der Waals surface area (Å²) in [4.78, 5) is 26.6. The Labute approximate surface area is 107 Å². The van der Waals surface area contributed by atoms with E-state index in [2.05, 4.69) is 10.3 Å². The molecule has 0 saturated carbocycles. The number of carbonyl (C=O) groups is 2. The van der Waals surface area contributed by atoms with E-state index in [4.69, 9.17) is 4.74 Å². The smallest absolute Gasteiger partial charge is 0.410 e. The monoisotopic (exact) mass is 250 g/mol. The Morgan fingerprint density at radius 2 is 2.06 bits per heavy atom. The second-order valence-electron chi connectivity index (χ2n) is 5.13. The van der Waals surface area contributed by atoms with Gasteiger partial charge in [0.2, 0.25) is 0 Å². The molecule has 1 amide bonds. The molecule has 5 nitrogen and oxygen atoms in total. The van der Waals surface area contributed by atoms with Gasteiger partial charge >= 0.3 is 6.09 Å². The second kappa shape index (κ2) is 5.62. The summed E-state index contributed by atoms with van der Waals surface area (Å²) >= 11 is 0. The van der Waals surface area contributed by atoms with Crippen LogP contribution in [0.2, 0.25) is 0 Å².